The Morgan fingerprint density at radius 3 is 1.42 bits per heavy atom. The molecule has 1 N–H and O–H groups in total. The minimum Gasteiger partial charge on any atom is -0.415 e. The zero-order chi connectivity index (χ0) is 57.7. The van der Waals surface area contributed by atoms with Crippen molar-refractivity contribution in [3.05, 3.63) is 131 Å². The molecule has 10 rings (SSSR count). The quantitative estimate of drug-likeness (QED) is 0.0843. The minimum atomic E-state index is -3.20. The van der Waals surface area contributed by atoms with Gasteiger partial charge in [-0.3, -0.25) is 14.7 Å². The van der Waals surface area contributed by atoms with Crippen molar-refractivity contribution >= 4 is 59.0 Å². The smallest absolute Gasteiger partial charge is 0.324 e. The average molecular weight is 1240 g/mol. The zero-order valence-corrected chi connectivity index (χ0v) is 47.3. The van der Waals surface area contributed by atoms with Crippen LogP contribution in [0.1, 0.15) is 85.4 Å². The van der Waals surface area contributed by atoms with Gasteiger partial charge in [0.1, 0.15) is 11.6 Å². The van der Waals surface area contributed by atoms with Crippen molar-refractivity contribution < 1.29 is 61.6 Å². The van der Waals surface area contributed by atoms with Crippen LogP contribution in [0.25, 0.3) is 22.9 Å². The van der Waals surface area contributed by atoms with Gasteiger partial charge in [0.25, 0.3) is 11.8 Å². The molecule has 0 bridgehead atoms. The first-order valence-electron chi connectivity index (χ1n) is 26.3. The highest BCUT2D eigenvalue weighted by molar-refractivity contribution is 9.08. The van der Waals surface area contributed by atoms with E-state index in [1.165, 1.54) is 84.2 Å². The van der Waals surface area contributed by atoms with E-state index in [2.05, 4.69) is 51.4 Å². The number of sulfone groups is 2. The molecule has 4 aliphatic rings. The lowest BCUT2D eigenvalue weighted by Crippen LogP contribution is -2.49. The Hall–Kier alpha value is -6.42. The van der Waals surface area contributed by atoms with Crippen LogP contribution in [0.4, 0.5) is 47.3 Å². The summed E-state index contributed by atoms with van der Waals surface area (Å²) in [4.78, 5) is 35.1. The van der Waals surface area contributed by atoms with Gasteiger partial charge in [0.15, 0.2) is 19.7 Å². The van der Waals surface area contributed by atoms with Crippen LogP contribution in [-0.4, -0.2) is 144 Å². The normalized spacial score (nSPS) is 17.4. The van der Waals surface area contributed by atoms with Gasteiger partial charge in [0.05, 0.1) is 29.6 Å². The molecule has 0 aliphatic carbocycles. The molecule has 0 spiro atoms. The highest BCUT2D eigenvalue weighted by Gasteiger charge is 2.31. The van der Waals surface area contributed by atoms with Crippen LogP contribution in [0.15, 0.2) is 93.8 Å². The highest BCUT2D eigenvalue weighted by Crippen LogP contribution is 2.29. The Kier molecular flexibility index (Phi) is 21.0. The Labute approximate surface area is 473 Å². The molecule has 6 aromatic rings. The van der Waals surface area contributed by atoms with Crippen molar-refractivity contribution in [1.82, 2.24) is 40.0 Å². The molecule has 6 heterocycles. The number of carbonyl (C=O) groups is 2. The van der Waals surface area contributed by atoms with Crippen LogP contribution < -0.4 is 10.2 Å². The van der Waals surface area contributed by atoms with Crippen molar-refractivity contribution in [1.29, 1.82) is 0 Å². The van der Waals surface area contributed by atoms with Crippen molar-refractivity contribution in [3.63, 3.8) is 0 Å². The molecule has 4 aliphatic heterocycles. The minimum absolute atomic E-state index is 0.0508. The third kappa shape index (κ3) is 17.3. The molecule has 18 nitrogen and oxygen atoms in total. The Morgan fingerprint density at radius 2 is 1.00 bits per heavy atom. The Balaban J connectivity index is 0.000000177. The number of benzene rings is 4. The standard InChI is InChI=1S/C27H30F3N5O4S.C17H25N3O3S.C10H6BrF3N2O/c28-23-16-20(25-31-32-26(39-25)24(29)30)6-7-21(23)18-35(27(36)34-12-14-40(37,38)15-13-34)22-8-4-19(5-9-22)17-33-10-2-1-3-11-33;21-17(20-10-12-24(22,23)13-11-20)18-16-6-4-15(5-7-16)14-19-8-2-1-3-9-19;11-4-6-2-1-5(3-7(6)12)9-15-16-10(17-9)8(13)14/h4-9,16,24H,1-3,10-15,17-18H2;4-7H,1-3,8-14H2,(H,18,21);1-3,8H,4H2. The maximum Gasteiger partial charge on any atom is 0.324 e. The monoisotopic (exact) mass is 1230 g/mol. The van der Waals surface area contributed by atoms with Crippen molar-refractivity contribution in [2.75, 3.05) is 85.6 Å². The number of aromatic nitrogens is 4. The lowest BCUT2D eigenvalue weighted by atomic mass is 10.1. The number of carbonyl (C=O) groups excluding carboxylic acids is 2. The Bertz CT molecular complexity index is 3270. The summed E-state index contributed by atoms with van der Waals surface area (Å²) in [6, 6.07) is 23.0. The number of nitrogens with one attached hydrogen (secondary N) is 1. The summed E-state index contributed by atoms with van der Waals surface area (Å²) in [6.07, 6.45) is 1.71. The van der Waals surface area contributed by atoms with E-state index < -0.39 is 62.0 Å². The summed E-state index contributed by atoms with van der Waals surface area (Å²) >= 11 is 3.12. The van der Waals surface area contributed by atoms with Gasteiger partial charge in [0.2, 0.25) is 11.8 Å². The number of hydrogen-bond acceptors (Lipinski definition) is 14. The molecule has 0 atom stereocenters. The molecule has 27 heteroatoms. The van der Waals surface area contributed by atoms with Gasteiger partial charge in [0, 0.05) is 72.7 Å². The number of hydrogen-bond donors (Lipinski definition) is 1. The molecule has 81 heavy (non-hydrogen) atoms. The second-order valence-corrected chi connectivity index (χ2v) is 25.0. The van der Waals surface area contributed by atoms with E-state index in [0.717, 1.165) is 56.6 Å². The molecule has 4 amide bonds. The number of anilines is 2. The molecule has 0 radical (unpaired) electrons. The lowest BCUT2D eigenvalue weighted by Gasteiger charge is -2.33. The topological polar surface area (TPSA) is 208 Å². The van der Waals surface area contributed by atoms with Gasteiger partial charge in [-0.25, -0.2) is 35.2 Å². The molecule has 4 saturated heterocycles. The summed E-state index contributed by atoms with van der Waals surface area (Å²) in [6.45, 7) is 6.68. The van der Waals surface area contributed by atoms with Crippen LogP contribution in [0.3, 0.4) is 0 Å². The molecular formula is C54H61BrF6N10O8S2. The van der Waals surface area contributed by atoms with Gasteiger partial charge < -0.3 is 24.0 Å². The third-order valence-corrected chi connectivity index (χ3v) is 17.8. The van der Waals surface area contributed by atoms with Crippen molar-refractivity contribution in [3.8, 4) is 22.9 Å². The molecule has 4 aromatic carbocycles. The SMILES string of the molecule is Fc1cc(-c2nnc(C(F)F)o2)ccc1CBr.O=C(N1CCS(=O)(=O)CC1)N(Cc1ccc(-c2nnc(C(F)F)o2)cc1F)c1ccc(CN2CCCCC2)cc1.O=C(Nc1ccc(CN2CCCCC2)cc1)N1CCS(=O)(=O)CC1. The van der Waals surface area contributed by atoms with E-state index in [-0.39, 0.29) is 90.2 Å². The number of nitrogens with zero attached hydrogens (tertiary/aromatic N) is 9. The largest absolute Gasteiger partial charge is 0.415 e. The average Bonchev–Trinajstić information content (AvgIpc) is 4.19. The van der Waals surface area contributed by atoms with Gasteiger partial charge in [-0.05, 0) is 117 Å². The fourth-order valence-corrected chi connectivity index (χ4v) is 12.2. The van der Waals surface area contributed by atoms with Crippen molar-refractivity contribution in [2.45, 2.75) is 76.3 Å². The fourth-order valence-electron chi connectivity index (χ4n) is 9.33. The zero-order valence-electron chi connectivity index (χ0n) is 44.0. The predicted molar refractivity (Wildman–Crippen MR) is 294 cm³/mol. The van der Waals surface area contributed by atoms with Crippen LogP contribution >= 0.6 is 15.9 Å². The van der Waals surface area contributed by atoms with E-state index >= 15 is 4.39 Å². The number of piperidine rings is 2. The second kappa shape index (κ2) is 28.0. The predicted octanol–water partition coefficient (Wildman–Crippen LogP) is 10.3. The number of amides is 4. The van der Waals surface area contributed by atoms with E-state index in [1.807, 2.05) is 48.5 Å². The molecule has 436 valence electrons. The molecule has 2 aromatic heterocycles. The fraction of sp³-hybridized carbons (Fsp3) is 0.444. The summed E-state index contributed by atoms with van der Waals surface area (Å²) < 4.78 is 135. The lowest BCUT2D eigenvalue weighted by molar-refractivity contribution is 0.115. The molecule has 0 unspecified atom stereocenters. The molecular weight excluding hydrogens is 1170 g/mol. The molecule has 4 fully saturated rings. The van der Waals surface area contributed by atoms with E-state index in [0.29, 0.717) is 16.6 Å². The summed E-state index contributed by atoms with van der Waals surface area (Å²) in [7, 11) is -6.17. The van der Waals surface area contributed by atoms with Gasteiger partial charge >= 0.3 is 24.9 Å². The number of urea groups is 2. The van der Waals surface area contributed by atoms with Gasteiger partial charge in [-0.1, -0.05) is 65.2 Å². The highest BCUT2D eigenvalue weighted by atomic mass is 79.9. The maximum atomic E-state index is 15.2. The molecule has 0 saturated carbocycles. The summed E-state index contributed by atoms with van der Waals surface area (Å²) in [5.74, 6) is -3.30. The Morgan fingerprint density at radius 1 is 0.568 bits per heavy atom. The first-order valence-corrected chi connectivity index (χ1v) is 31.1. The van der Waals surface area contributed by atoms with Crippen LogP contribution in [0.5, 0.6) is 0 Å². The number of likely N-dealkylation sites (tertiary alicyclic amines) is 2. The van der Waals surface area contributed by atoms with Crippen LogP contribution in [-0.2, 0) is 44.6 Å². The van der Waals surface area contributed by atoms with Crippen LogP contribution in [0, 0.1) is 11.6 Å². The van der Waals surface area contributed by atoms with E-state index in [9.17, 15) is 48.4 Å². The first-order chi connectivity index (χ1) is 38.8. The van der Waals surface area contributed by atoms with Gasteiger partial charge in [-0.2, -0.15) is 17.6 Å². The number of alkyl halides is 5. The first kappa shape index (κ1) is 60.7. The van der Waals surface area contributed by atoms with E-state index in [1.54, 1.807) is 4.90 Å². The number of halogens is 7. The number of rotatable bonds is 13. The van der Waals surface area contributed by atoms with Crippen LogP contribution in [0.2, 0.25) is 0 Å². The second-order valence-electron chi connectivity index (χ2n) is 19.9. The van der Waals surface area contributed by atoms with Crippen molar-refractivity contribution in [2.24, 2.45) is 0 Å². The van der Waals surface area contributed by atoms with E-state index in [4.69, 9.17) is 8.83 Å². The summed E-state index contributed by atoms with van der Waals surface area (Å²) in [5.41, 5.74) is 4.67. The van der Waals surface area contributed by atoms with Gasteiger partial charge in [-0.15, -0.1) is 20.4 Å². The summed E-state index contributed by atoms with van der Waals surface area (Å²) in [5, 5.41) is 16.6. The maximum absolute atomic E-state index is 15.2. The third-order valence-electron chi connectivity index (χ3n) is 14.0.